The van der Waals surface area contributed by atoms with E-state index in [0.717, 1.165) is 19.4 Å². The molecule has 0 amide bonds. The Hall–Kier alpha value is -0.860. The van der Waals surface area contributed by atoms with Crippen molar-refractivity contribution in [3.05, 3.63) is 34.9 Å². The molecule has 1 aromatic rings. The molecule has 0 spiro atoms. The average Bonchev–Trinajstić information content (AvgIpc) is 2.23. The molecule has 2 unspecified atom stereocenters. The van der Waals surface area contributed by atoms with Gasteiger partial charge in [0.2, 0.25) is 0 Å². The number of piperidine rings is 1. The third kappa shape index (κ3) is 2.21. The van der Waals surface area contributed by atoms with E-state index in [-0.39, 0.29) is 12.1 Å². The van der Waals surface area contributed by atoms with Crippen molar-refractivity contribution < 1.29 is 5.11 Å². The molecule has 82 valence electrons. The first kappa shape index (κ1) is 10.7. The molecule has 2 nitrogen and oxygen atoms in total. The molecule has 2 rings (SSSR count). The Bertz CT molecular complexity index is 348. The van der Waals surface area contributed by atoms with Crippen molar-refractivity contribution in [2.24, 2.45) is 0 Å². The number of aliphatic hydroxyl groups is 1. The van der Waals surface area contributed by atoms with Crippen LogP contribution >= 0.6 is 0 Å². The van der Waals surface area contributed by atoms with Crippen molar-refractivity contribution in [2.75, 3.05) is 6.54 Å². The minimum Gasteiger partial charge on any atom is -0.391 e. The molecule has 0 aliphatic carbocycles. The van der Waals surface area contributed by atoms with Gasteiger partial charge in [0.15, 0.2) is 0 Å². The fraction of sp³-hybridized carbons (Fsp3) is 0.538. The molecule has 2 heteroatoms. The van der Waals surface area contributed by atoms with Crippen molar-refractivity contribution in [1.82, 2.24) is 5.32 Å². The summed E-state index contributed by atoms with van der Waals surface area (Å²) in [6.07, 6.45) is 1.74. The normalized spacial score (nSPS) is 26.6. The predicted octanol–water partition coefficient (Wildman–Crippen LogP) is 2.09. The van der Waals surface area contributed by atoms with Crippen LogP contribution in [0.4, 0.5) is 0 Å². The minimum absolute atomic E-state index is 0.123. The van der Waals surface area contributed by atoms with E-state index in [1.807, 2.05) is 0 Å². The van der Waals surface area contributed by atoms with Crippen LogP contribution in [0.15, 0.2) is 18.2 Å². The maximum atomic E-state index is 9.92. The molecular formula is C13H19NO. The van der Waals surface area contributed by atoms with Gasteiger partial charge in [-0.25, -0.2) is 0 Å². The lowest BCUT2D eigenvalue weighted by Gasteiger charge is -2.29. The zero-order chi connectivity index (χ0) is 10.8. The first-order valence-electron chi connectivity index (χ1n) is 5.67. The van der Waals surface area contributed by atoms with Crippen molar-refractivity contribution in [1.29, 1.82) is 0 Å². The van der Waals surface area contributed by atoms with Crippen LogP contribution in [-0.2, 0) is 0 Å². The van der Waals surface area contributed by atoms with Crippen LogP contribution in [-0.4, -0.2) is 17.8 Å². The van der Waals surface area contributed by atoms with Crippen LogP contribution in [0.1, 0.15) is 35.6 Å². The molecule has 2 atom stereocenters. The third-order valence-electron chi connectivity index (χ3n) is 3.32. The van der Waals surface area contributed by atoms with Crippen LogP contribution in [0.3, 0.4) is 0 Å². The van der Waals surface area contributed by atoms with Crippen LogP contribution in [0, 0.1) is 13.8 Å². The van der Waals surface area contributed by atoms with Gasteiger partial charge in [-0.15, -0.1) is 0 Å². The topological polar surface area (TPSA) is 32.3 Å². The Morgan fingerprint density at radius 1 is 1.27 bits per heavy atom. The zero-order valence-electron chi connectivity index (χ0n) is 9.46. The summed E-state index contributed by atoms with van der Waals surface area (Å²) in [4.78, 5) is 0. The Morgan fingerprint density at radius 3 is 2.73 bits per heavy atom. The second-order valence-corrected chi connectivity index (χ2v) is 4.49. The Kier molecular flexibility index (Phi) is 3.08. The first-order valence-corrected chi connectivity index (χ1v) is 5.67. The summed E-state index contributed by atoms with van der Waals surface area (Å²) < 4.78 is 0. The highest BCUT2D eigenvalue weighted by Gasteiger charge is 2.23. The van der Waals surface area contributed by atoms with Crippen molar-refractivity contribution in [2.45, 2.75) is 38.8 Å². The van der Waals surface area contributed by atoms with E-state index in [4.69, 9.17) is 0 Å². The largest absolute Gasteiger partial charge is 0.391 e. The summed E-state index contributed by atoms with van der Waals surface area (Å²) in [6, 6.07) is 6.56. The van der Waals surface area contributed by atoms with E-state index in [9.17, 15) is 5.11 Å². The quantitative estimate of drug-likeness (QED) is 0.735. The molecule has 0 saturated carbocycles. The number of aryl methyl sites for hydroxylation is 2. The molecule has 1 saturated heterocycles. The fourth-order valence-electron chi connectivity index (χ4n) is 2.17. The van der Waals surface area contributed by atoms with E-state index >= 15 is 0 Å². The molecule has 1 heterocycles. The van der Waals surface area contributed by atoms with Gasteiger partial charge in [0.05, 0.1) is 12.1 Å². The van der Waals surface area contributed by atoms with Crippen LogP contribution in [0.2, 0.25) is 0 Å². The van der Waals surface area contributed by atoms with Crippen molar-refractivity contribution >= 4 is 0 Å². The van der Waals surface area contributed by atoms with Crippen LogP contribution < -0.4 is 5.32 Å². The molecule has 0 aromatic heterocycles. The molecule has 1 aromatic carbocycles. The van der Waals surface area contributed by atoms with Crippen molar-refractivity contribution in [3.63, 3.8) is 0 Å². The maximum Gasteiger partial charge on any atom is 0.0735 e. The van der Waals surface area contributed by atoms with Gasteiger partial charge in [-0.2, -0.15) is 0 Å². The monoisotopic (exact) mass is 205 g/mol. The van der Waals surface area contributed by atoms with Gasteiger partial charge >= 0.3 is 0 Å². The lowest BCUT2D eigenvalue weighted by atomic mass is 9.93. The van der Waals surface area contributed by atoms with Crippen LogP contribution in [0.5, 0.6) is 0 Å². The number of hydrogen-bond donors (Lipinski definition) is 2. The van der Waals surface area contributed by atoms with Gasteiger partial charge in [0, 0.05) is 0 Å². The summed E-state index contributed by atoms with van der Waals surface area (Å²) in [5, 5.41) is 13.3. The molecule has 1 aliphatic rings. The summed E-state index contributed by atoms with van der Waals surface area (Å²) >= 11 is 0. The highest BCUT2D eigenvalue weighted by molar-refractivity contribution is 5.32. The van der Waals surface area contributed by atoms with E-state index < -0.39 is 0 Å². The Morgan fingerprint density at radius 2 is 2.07 bits per heavy atom. The minimum atomic E-state index is -0.235. The number of nitrogens with one attached hydrogen (secondary N) is 1. The van der Waals surface area contributed by atoms with Gasteiger partial charge in [0.1, 0.15) is 0 Å². The average molecular weight is 205 g/mol. The molecule has 0 radical (unpaired) electrons. The molecule has 1 fully saturated rings. The number of aliphatic hydroxyl groups excluding tert-OH is 1. The lowest BCUT2D eigenvalue weighted by Crippen LogP contribution is -2.37. The third-order valence-corrected chi connectivity index (χ3v) is 3.32. The standard InChI is InChI=1S/C13H19NO/c1-9-5-6-11(8-10(9)2)13-12(15)4-3-7-14-13/h5-6,8,12-15H,3-4,7H2,1-2H3. The second-order valence-electron chi connectivity index (χ2n) is 4.49. The molecular weight excluding hydrogens is 186 g/mol. The van der Waals surface area contributed by atoms with Gasteiger partial charge < -0.3 is 10.4 Å². The Labute approximate surface area is 91.3 Å². The molecule has 1 aliphatic heterocycles. The van der Waals surface area contributed by atoms with Gasteiger partial charge in [-0.1, -0.05) is 18.2 Å². The lowest BCUT2D eigenvalue weighted by molar-refractivity contribution is 0.0965. The zero-order valence-corrected chi connectivity index (χ0v) is 9.46. The van der Waals surface area contributed by atoms with E-state index in [2.05, 4.69) is 37.4 Å². The van der Waals surface area contributed by atoms with Crippen molar-refractivity contribution in [3.8, 4) is 0 Å². The summed E-state index contributed by atoms with van der Waals surface area (Å²) in [6.45, 7) is 5.24. The highest BCUT2D eigenvalue weighted by atomic mass is 16.3. The molecule has 2 N–H and O–H groups in total. The number of hydrogen-bond acceptors (Lipinski definition) is 2. The van der Waals surface area contributed by atoms with Gasteiger partial charge in [0.25, 0.3) is 0 Å². The predicted molar refractivity (Wildman–Crippen MR) is 61.9 cm³/mol. The van der Waals surface area contributed by atoms with Crippen LogP contribution in [0.25, 0.3) is 0 Å². The molecule has 0 bridgehead atoms. The maximum absolute atomic E-state index is 9.92. The van der Waals surface area contributed by atoms with Gasteiger partial charge in [-0.3, -0.25) is 0 Å². The summed E-state index contributed by atoms with van der Waals surface area (Å²) in [5.41, 5.74) is 3.82. The fourth-order valence-corrected chi connectivity index (χ4v) is 2.17. The smallest absolute Gasteiger partial charge is 0.0735 e. The first-order chi connectivity index (χ1) is 7.18. The number of rotatable bonds is 1. The molecule has 15 heavy (non-hydrogen) atoms. The van der Waals surface area contributed by atoms with E-state index in [0.29, 0.717) is 0 Å². The van der Waals surface area contributed by atoms with E-state index in [1.54, 1.807) is 0 Å². The summed E-state index contributed by atoms with van der Waals surface area (Å²) in [5.74, 6) is 0. The Balaban J connectivity index is 2.24. The summed E-state index contributed by atoms with van der Waals surface area (Å²) in [7, 11) is 0. The highest BCUT2D eigenvalue weighted by Crippen LogP contribution is 2.24. The SMILES string of the molecule is Cc1ccc(C2NCCCC2O)cc1C. The van der Waals surface area contributed by atoms with E-state index in [1.165, 1.54) is 16.7 Å². The number of benzene rings is 1. The second kappa shape index (κ2) is 4.33. The van der Waals surface area contributed by atoms with Gasteiger partial charge in [-0.05, 0) is 49.9 Å².